The van der Waals surface area contributed by atoms with Gasteiger partial charge in [0, 0.05) is 457 Å². The maximum Gasteiger partial charge on any atom is 0.358 e. The summed E-state index contributed by atoms with van der Waals surface area (Å²) < 4.78 is 18.8. The van der Waals surface area contributed by atoms with E-state index in [0.717, 1.165) is 22.0 Å². The Kier molecular flexibility index (Phi) is 59.6. The zero-order valence-electron chi connectivity index (χ0n) is 44.2. The molecule has 0 amide bonds. The Bertz CT molecular complexity index is 5770. The molecule has 1 N–H and O–H groups in total. The Hall–Kier alpha value is 5.78. The van der Waals surface area contributed by atoms with Crippen molar-refractivity contribution in [3.63, 3.8) is 0 Å². The first kappa shape index (κ1) is 91.2. The van der Waals surface area contributed by atoms with Crippen LogP contribution in [0.15, 0.2) is 84.9 Å². The highest BCUT2D eigenvalue weighted by atomic mass is 35.5. The second kappa shape index (κ2) is 60.8. The van der Waals surface area contributed by atoms with Gasteiger partial charge in [0.2, 0.25) is 0 Å². The van der Waals surface area contributed by atoms with Gasteiger partial charge >= 0.3 is 11.9 Å². The van der Waals surface area contributed by atoms with Gasteiger partial charge in [-0.15, -0.1) is 0 Å². The van der Waals surface area contributed by atoms with Crippen LogP contribution in [0.25, 0.3) is 21.8 Å². The van der Waals surface area contributed by atoms with Crippen molar-refractivity contribution in [2.45, 2.75) is 13.1 Å². The molecule has 518 valence electrons. The maximum atomic E-state index is 12.3. The SMILES string of the molecule is COC(=O)c1c(O)c2cc(Cl)ccc2n1Cc1ccc(Cl)cc1.COC(=O)c1c(OC)c2cc(Cl)ccc2n1Cc1ccc(Cl)cc1.S=S=S=S=S=S=S=S=S=S=S=S=S=S=S=S=S=S=S=S=S=S=S=S=S=S=S=S=S=S=S=S=S=S=S=S=S=S=S=S=S=S=S=S=S=S. The number of benzene rings is 4. The second-order valence-electron chi connectivity index (χ2n) is 13.3. The predicted octanol–water partition coefficient (Wildman–Crippen LogP) is 9.17. The van der Waals surface area contributed by atoms with Crippen LogP contribution in [0.5, 0.6) is 11.5 Å². The molecule has 2 heterocycles. The molecule has 6 rings (SSSR count). The number of fused-ring (bicyclic) bond motifs is 2. The van der Waals surface area contributed by atoms with Crippen LogP contribution in [0.2, 0.25) is 20.1 Å². The fourth-order valence-corrected chi connectivity index (χ4v) is 122. The lowest BCUT2D eigenvalue weighted by Gasteiger charge is -2.10. The highest BCUT2D eigenvalue weighted by Crippen LogP contribution is 2.37. The molecule has 0 atom stereocenters. The van der Waals surface area contributed by atoms with Crippen molar-refractivity contribution in [2.24, 2.45) is 0 Å². The number of nitrogens with zero attached hydrogens (tertiary/aromatic N) is 2. The van der Waals surface area contributed by atoms with Gasteiger partial charge < -0.3 is 28.5 Å². The van der Waals surface area contributed by atoms with E-state index in [1.807, 2.05) is 313 Å². The van der Waals surface area contributed by atoms with Crippen LogP contribution < -0.4 is 4.74 Å². The summed E-state index contributed by atoms with van der Waals surface area (Å²) in [6, 6.07) is 25.3. The summed E-state index contributed by atoms with van der Waals surface area (Å²) in [5.41, 5.74) is 3.92. The Balaban J connectivity index is 0.000000325. The van der Waals surface area contributed by atoms with Crippen molar-refractivity contribution < 1.29 is 28.9 Å². The fraction of sp³-hybridized carbons (Fsp3) is 0.143. The molecule has 0 radical (unpaired) electrons. The summed E-state index contributed by atoms with van der Waals surface area (Å²) in [6.07, 6.45) is 0. The highest BCUT2D eigenvalue weighted by molar-refractivity contribution is 8.82. The average Bonchev–Trinajstić information content (AvgIpc) is 1.63. The quantitative estimate of drug-likeness (QED) is 0.159. The lowest BCUT2D eigenvalue weighted by Crippen LogP contribution is -2.12. The number of carbonyl (C=O) groups excluding carboxylic acids is 2. The third-order valence-electron chi connectivity index (χ3n) is 8.64. The van der Waals surface area contributed by atoms with Gasteiger partial charge in [0.05, 0.1) is 32.4 Å². The molecular formula is C35H28Cl4N2O6S46. The Labute approximate surface area is 689 Å². The topological polar surface area (TPSA) is 91.9 Å². The predicted molar refractivity (Wildman–Crippen MR) is 525 cm³/mol. The van der Waals surface area contributed by atoms with Crippen molar-refractivity contribution in [2.75, 3.05) is 21.3 Å². The van der Waals surface area contributed by atoms with Crippen molar-refractivity contribution in [3.05, 3.63) is 128 Å². The van der Waals surface area contributed by atoms with Crippen LogP contribution in [0, 0.1) is 0 Å². The van der Waals surface area contributed by atoms with E-state index in [2.05, 4.69) is 0 Å². The third-order valence-corrected chi connectivity index (χ3v) is 105. The molecular weight excluding hydrogens is 2160 g/mol. The molecule has 4 aromatic carbocycles. The number of carbonyl (C=O) groups is 2. The minimum Gasteiger partial charge on any atom is -0.505 e. The van der Waals surface area contributed by atoms with Gasteiger partial charge in [-0.2, -0.15) is 0 Å². The molecule has 0 saturated heterocycles. The number of rotatable bonds is 7. The van der Waals surface area contributed by atoms with Gasteiger partial charge in [0.1, 0.15) is 0 Å². The Morgan fingerprint density at radius 1 is 0.355 bits per heavy atom. The van der Waals surface area contributed by atoms with E-state index in [1.165, 1.54) is 39.1 Å². The van der Waals surface area contributed by atoms with E-state index in [-0.39, 0.29) is 11.4 Å². The number of ether oxygens (including phenoxy) is 3. The number of halogens is 4. The van der Waals surface area contributed by atoms with Crippen LogP contribution in [0.4, 0.5) is 0 Å². The van der Waals surface area contributed by atoms with E-state index in [9.17, 15) is 14.7 Å². The second-order valence-corrected chi connectivity index (χ2v) is 92.9. The smallest absolute Gasteiger partial charge is 0.358 e. The van der Waals surface area contributed by atoms with Gasteiger partial charge in [-0.1, -0.05) is 70.7 Å². The van der Waals surface area contributed by atoms with Crippen LogP contribution in [-0.4, -0.2) is 47.5 Å². The van der Waals surface area contributed by atoms with Crippen LogP contribution in [0.1, 0.15) is 32.1 Å². The highest BCUT2D eigenvalue weighted by Gasteiger charge is 2.26. The van der Waals surface area contributed by atoms with Crippen LogP contribution in [0.3, 0.4) is 0 Å². The van der Waals surface area contributed by atoms with Gasteiger partial charge in [-0.05, 0) is 71.8 Å². The number of hydrogen-bond acceptors (Lipinski definition) is 8. The minimum absolute atomic E-state index is 0.0970. The van der Waals surface area contributed by atoms with Crippen LogP contribution >= 0.6 is 46.4 Å². The van der Waals surface area contributed by atoms with Crippen molar-refractivity contribution in [1.29, 1.82) is 0 Å². The van der Waals surface area contributed by atoms with Crippen LogP contribution in [-0.2, 0) is 436 Å². The van der Waals surface area contributed by atoms with Crippen molar-refractivity contribution in [3.8, 4) is 11.5 Å². The number of esters is 2. The van der Waals surface area contributed by atoms with E-state index >= 15 is 0 Å². The minimum atomic E-state index is -0.608. The average molecular weight is 2190 g/mol. The fourth-order valence-electron chi connectivity index (χ4n) is 5.76. The summed E-state index contributed by atoms with van der Waals surface area (Å²) in [6.45, 7) is 0.864. The normalized spacial score (nSPS) is 9.32. The van der Waals surface area contributed by atoms with Gasteiger partial charge in [-0.25, -0.2) is 9.59 Å². The Morgan fingerprint density at radius 3 is 0.860 bits per heavy atom. The zero-order valence-corrected chi connectivity index (χ0v) is 84.8. The van der Waals surface area contributed by atoms with Gasteiger partial charge in [0.15, 0.2) is 22.9 Å². The van der Waals surface area contributed by atoms with E-state index < -0.39 is 11.9 Å². The summed E-state index contributed by atoms with van der Waals surface area (Å²) >= 11 is 33.6. The molecule has 93 heavy (non-hydrogen) atoms. The molecule has 0 aliphatic rings. The van der Waals surface area contributed by atoms with E-state index in [1.54, 1.807) is 154 Å². The number of hydrogen-bond donors (Lipinski definition) is 1. The first-order valence-corrected chi connectivity index (χ1v) is 83.1. The van der Waals surface area contributed by atoms with E-state index in [4.69, 9.17) is 83.0 Å². The van der Waals surface area contributed by atoms with Gasteiger partial charge in [-0.3, -0.25) is 0 Å². The molecule has 0 aliphatic heterocycles. The lowest BCUT2D eigenvalue weighted by molar-refractivity contribution is 0.0576. The standard InChI is InChI=1S/C18H15Cl2NO3.C17H13Cl2NO3.S46/c1-23-17-14-9-13(20)7-8-15(14)21(16(17)18(22)24-2)10-11-3-5-12(19)6-4-11;1-23-17(22)15-16(21)13-8-12(19)6-7-14(13)20(15)9-10-2-4-11(18)5-3-10;1-3-5-7-9-11-13-15-17-19-21-23-25-27-29-31-33-35-37-39-41-43-45-46-44-42-40-38-36-34-32-30-28-26-24-22-20-18-16-14-12-10-8-6-4-2/h3-9H,10H2,1-2H3;2-8,21H,9H2,1H3;. The molecule has 0 aliphatic carbocycles. The molecule has 2 aromatic heterocycles. The molecule has 0 unspecified atom stereocenters. The molecule has 6 aromatic rings. The van der Waals surface area contributed by atoms with Gasteiger partial charge in [0.25, 0.3) is 0 Å². The molecule has 0 spiro atoms. The summed E-state index contributed by atoms with van der Waals surface area (Å²) in [5, 5.41) is 14.0. The molecule has 0 saturated carbocycles. The summed E-state index contributed by atoms with van der Waals surface area (Å²) in [7, 11) is 82.5. The molecule has 0 fully saturated rings. The molecule has 8 nitrogen and oxygen atoms in total. The first-order valence-electron chi connectivity index (χ1n) is 21.6. The largest absolute Gasteiger partial charge is 0.505 e. The number of methoxy groups -OCH3 is 3. The zero-order chi connectivity index (χ0) is 66.9. The Morgan fingerprint density at radius 2 is 0.591 bits per heavy atom. The number of aromatic hydroxyl groups is 1. The van der Waals surface area contributed by atoms with E-state index in [0.29, 0.717) is 55.5 Å². The molecule has 58 heteroatoms. The summed E-state index contributed by atoms with van der Waals surface area (Å²) in [5.74, 6) is -0.756. The molecule has 0 bridgehead atoms. The lowest BCUT2D eigenvalue weighted by atomic mass is 10.2. The summed E-state index contributed by atoms with van der Waals surface area (Å²) in [4.78, 5) is 24.4. The third kappa shape index (κ3) is 40.5. The van der Waals surface area contributed by atoms with Crippen molar-refractivity contribution in [1.82, 2.24) is 9.13 Å². The first-order chi connectivity index (χ1) is 45.5. The number of aromatic nitrogens is 2. The monoisotopic (exact) mass is 2180 g/mol. The van der Waals surface area contributed by atoms with Crippen molar-refractivity contribution >= 4 is 493 Å². The maximum absolute atomic E-state index is 12.3.